The summed E-state index contributed by atoms with van der Waals surface area (Å²) in [5.74, 6) is 0.964. The number of fused-ring (bicyclic) bond motifs is 1. The number of anilines is 2. The minimum Gasteiger partial charge on any atom is -0.355 e. The van der Waals surface area contributed by atoms with Crippen LogP contribution in [-0.2, 0) is 0 Å². The van der Waals surface area contributed by atoms with Gasteiger partial charge >= 0.3 is 0 Å². The summed E-state index contributed by atoms with van der Waals surface area (Å²) < 4.78 is 0. The number of carbonyl (C=O) groups is 1. The molecule has 0 aliphatic carbocycles. The first-order valence-electron chi connectivity index (χ1n) is 10.5. The summed E-state index contributed by atoms with van der Waals surface area (Å²) >= 11 is 12.4. The molecule has 2 aromatic heterocycles. The van der Waals surface area contributed by atoms with Crippen LogP contribution in [0.4, 0.5) is 11.5 Å². The highest BCUT2D eigenvalue weighted by atomic mass is 35.5. The zero-order chi connectivity index (χ0) is 22.1. The lowest BCUT2D eigenvalue weighted by molar-refractivity contribution is 0.102. The maximum absolute atomic E-state index is 12.8. The molecule has 0 radical (unpaired) electrons. The Hall–Kier alpha value is -3.09. The van der Waals surface area contributed by atoms with E-state index < -0.39 is 0 Å². The van der Waals surface area contributed by atoms with Gasteiger partial charge in [-0.2, -0.15) is 0 Å². The van der Waals surface area contributed by atoms with Gasteiger partial charge in [-0.05, 0) is 48.7 Å². The van der Waals surface area contributed by atoms with Crippen LogP contribution in [0.15, 0.2) is 61.1 Å². The maximum Gasteiger partial charge on any atom is 0.258 e. The van der Waals surface area contributed by atoms with E-state index in [1.807, 2.05) is 30.5 Å². The Labute approximate surface area is 195 Å². The van der Waals surface area contributed by atoms with Crippen molar-refractivity contribution in [1.82, 2.24) is 15.0 Å². The van der Waals surface area contributed by atoms with Crippen molar-refractivity contribution in [2.24, 2.45) is 0 Å². The Morgan fingerprint density at radius 1 is 1.09 bits per heavy atom. The third-order valence-corrected chi connectivity index (χ3v) is 6.49. The molecule has 162 valence electrons. The number of halogens is 2. The summed E-state index contributed by atoms with van der Waals surface area (Å²) in [5, 5.41) is 4.63. The van der Waals surface area contributed by atoms with Crippen LogP contribution in [0.25, 0.3) is 11.0 Å². The van der Waals surface area contributed by atoms with Crippen molar-refractivity contribution in [3.63, 3.8) is 0 Å². The van der Waals surface area contributed by atoms with Gasteiger partial charge in [-0.1, -0.05) is 41.4 Å². The summed E-state index contributed by atoms with van der Waals surface area (Å²) in [5.41, 5.74) is 3.03. The minimum absolute atomic E-state index is 0.282. The molecule has 2 aromatic carbocycles. The first-order valence-corrected chi connectivity index (χ1v) is 11.2. The molecule has 8 heteroatoms. The van der Waals surface area contributed by atoms with Gasteiger partial charge in [0.25, 0.3) is 5.91 Å². The molecule has 4 aromatic rings. The molecule has 1 aliphatic rings. The average molecular weight is 466 g/mol. The van der Waals surface area contributed by atoms with Crippen LogP contribution < -0.4 is 10.2 Å². The Balaban J connectivity index is 1.36. The summed E-state index contributed by atoms with van der Waals surface area (Å²) in [6.45, 7) is 1.81. The van der Waals surface area contributed by atoms with Crippen molar-refractivity contribution in [3.8, 4) is 0 Å². The Morgan fingerprint density at radius 3 is 2.75 bits per heavy atom. The van der Waals surface area contributed by atoms with E-state index in [9.17, 15) is 4.79 Å². The molecule has 1 unspecified atom stereocenters. The van der Waals surface area contributed by atoms with Gasteiger partial charge < -0.3 is 15.2 Å². The number of hydrogen-bond acceptors (Lipinski definition) is 4. The number of hydrogen-bond donors (Lipinski definition) is 2. The van der Waals surface area contributed by atoms with Gasteiger partial charge in [0.1, 0.15) is 17.8 Å². The van der Waals surface area contributed by atoms with Crippen molar-refractivity contribution < 1.29 is 4.79 Å². The highest BCUT2D eigenvalue weighted by Crippen LogP contribution is 2.33. The number of H-pyrrole nitrogens is 1. The lowest BCUT2D eigenvalue weighted by atomic mass is 9.90. The van der Waals surface area contributed by atoms with Crippen molar-refractivity contribution in [2.75, 3.05) is 23.3 Å². The lowest BCUT2D eigenvalue weighted by Gasteiger charge is -2.34. The molecule has 3 heterocycles. The molecule has 32 heavy (non-hydrogen) atoms. The van der Waals surface area contributed by atoms with Crippen LogP contribution in [0.2, 0.25) is 10.0 Å². The number of benzene rings is 2. The molecule has 1 saturated heterocycles. The van der Waals surface area contributed by atoms with Gasteiger partial charge in [-0.15, -0.1) is 0 Å². The second kappa shape index (κ2) is 8.81. The Kier molecular flexibility index (Phi) is 5.72. The fraction of sp³-hybridized carbons (Fsp3) is 0.208. The molecule has 1 amide bonds. The molecule has 1 atom stereocenters. The van der Waals surface area contributed by atoms with Crippen LogP contribution >= 0.6 is 23.2 Å². The quantitative estimate of drug-likeness (QED) is 0.393. The van der Waals surface area contributed by atoms with Crippen LogP contribution in [0.1, 0.15) is 34.7 Å². The van der Waals surface area contributed by atoms with Crippen molar-refractivity contribution in [1.29, 1.82) is 0 Å². The Bertz CT molecular complexity index is 1270. The number of nitrogens with one attached hydrogen (secondary N) is 2. The van der Waals surface area contributed by atoms with E-state index in [4.69, 9.17) is 23.2 Å². The highest BCUT2D eigenvalue weighted by Gasteiger charge is 2.24. The molecule has 0 bridgehead atoms. The van der Waals surface area contributed by atoms with Crippen LogP contribution in [0.5, 0.6) is 0 Å². The first kappa shape index (κ1) is 20.8. The highest BCUT2D eigenvalue weighted by molar-refractivity contribution is 6.40. The predicted molar refractivity (Wildman–Crippen MR) is 129 cm³/mol. The van der Waals surface area contributed by atoms with Gasteiger partial charge in [-0.25, -0.2) is 9.97 Å². The number of aromatic nitrogens is 3. The fourth-order valence-corrected chi connectivity index (χ4v) is 4.90. The molecular weight excluding hydrogens is 445 g/mol. The second-order valence-corrected chi connectivity index (χ2v) is 8.71. The van der Waals surface area contributed by atoms with Crippen LogP contribution in [0.3, 0.4) is 0 Å². The SMILES string of the molecule is O=C(Nc1cccc(C2CCCN(c3ncnc4[nH]ccc34)C2)c1)c1c(Cl)cccc1Cl. The van der Waals surface area contributed by atoms with Crippen LogP contribution in [0, 0.1) is 0 Å². The predicted octanol–water partition coefficient (Wildman–Crippen LogP) is 5.90. The number of nitrogens with zero attached hydrogens (tertiary/aromatic N) is 3. The summed E-state index contributed by atoms with van der Waals surface area (Å²) in [4.78, 5) is 27.1. The van der Waals surface area contributed by atoms with E-state index in [0.717, 1.165) is 48.5 Å². The molecule has 0 spiro atoms. The van der Waals surface area contributed by atoms with Gasteiger partial charge in [0, 0.05) is 30.9 Å². The summed E-state index contributed by atoms with van der Waals surface area (Å²) in [6, 6.07) is 15.0. The maximum atomic E-state index is 12.8. The number of amides is 1. The normalized spacial score (nSPS) is 16.3. The van der Waals surface area contributed by atoms with Crippen molar-refractivity contribution >= 4 is 51.6 Å². The van der Waals surface area contributed by atoms with Gasteiger partial charge in [0.05, 0.1) is 21.0 Å². The van der Waals surface area contributed by atoms with Crippen LogP contribution in [-0.4, -0.2) is 33.9 Å². The number of aromatic amines is 1. The summed E-state index contributed by atoms with van der Waals surface area (Å²) in [6.07, 6.45) is 5.63. The van der Waals surface area contributed by atoms with E-state index in [0.29, 0.717) is 16.0 Å². The number of carbonyl (C=O) groups excluding carboxylic acids is 1. The van der Waals surface area contributed by atoms with E-state index >= 15 is 0 Å². The van der Waals surface area contributed by atoms with E-state index in [2.05, 4.69) is 31.2 Å². The Morgan fingerprint density at radius 2 is 1.91 bits per heavy atom. The van der Waals surface area contributed by atoms with Gasteiger partial charge in [0.2, 0.25) is 0 Å². The third-order valence-electron chi connectivity index (χ3n) is 5.86. The number of piperidine rings is 1. The minimum atomic E-state index is -0.321. The van der Waals surface area contributed by atoms with E-state index in [1.165, 1.54) is 5.56 Å². The van der Waals surface area contributed by atoms with E-state index in [1.54, 1.807) is 24.5 Å². The topological polar surface area (TPSA) is 73.9 Å². The van der Waals surface area contributed by atoms with E-state index in [-0.39, 0.29) is 11.5 Å². The van der Waals surface area contributed by atoms with Gasteiger partial charge in [0.15, 0.2) is 0 Å². The lowest BCUT2D eigenvalue weighted by Crippen LogP contribution is -2.35. The average Bonchev–Trinajstić information content (AvgIpc) is 3.28. The molecule has 0 saturated carbocycles. The molecule has 5 rings (SSSR count). The first-order chi connectivity index (χ1) is 15.6. The molecule has 1 aliphatic heterocycles. The number of rotatable bonds is 4. The fourth-order valence-electron chi connectivity index (χ4n) is 4.33. The van der Waals surface area contributed by atoms with Gasteiger partial charge in [-0.3, -0.25) is 4.79 Å². The third kappa shape index (κ3) is 4.04. The molecular formula is C24H21Cl2N5O. The monoisotopic (exact) mass is 465 g/mol. The molecule has 6 nitrogen and oxygen atoms in total. The molecule has 2 N–H and O–H groups in total. The van der Waals surface area contributed by atoms with Crippen molar-refractivity contribution in [3.05, 3.63) is 82.2 Å². The largest absolute Gasteiger partial charge is 0.355 e. The summed E-state index contributed by atoms with van der Waals surface area (Å²) in [7, 11) is 0. The standard InChI is InChI=1S/C24H21Cl2N5O/c25-19-7-2-8-20(26)21(19)24(32)30-17-6-1-4-15(12-17)16-5-3-11-31(13-16)23-18-9-10-27-22(18)28-14-29-23/h1-2,4,6-10,12,14,16H,3,5,11,13H2,(H,30,32)(H,27,28,29). The zero-order valence-electron chi connectivity index (χ0n) is 17.2. The van der Waals surface area contributed by atoms with Crippen molar-refractivity contribution in [2.45, 2.75) is 18.8 Å². The molecule has 1 fully saturated rings. The zero-order valence-corrected chi connectivity index (χ0v) is 18.7. The smallest absolute Gasteiger partial charge is 0.258 e. The second-order valence-electron chi connectivity index (χ2n) is 7.90.